The Morgan fingerprint density at radius 3 is 2.58 bits per heavy atom. The summed E-state index contributed by atoms with van der Waals surface area (Å²) in [5.74, 6) is 0.980. The van der Waals surface area contributed by atoms with Crippen molar-refractivity contribution in [2.75, 3.05) is 30.5 Å². The molecular formula is C23H18N2O5S. The minimum Gasteiger partial charge on any atom is -0.497 e. The first-order chi connectivity index (χ1) is 15.2. The van der Waals surface area contributed by atoms with Crippen molar-refractivity contribution in [3.63, 3.8) is 0 Å². The van der Waals surface area contributed by atoms with E-state index in [0.717, 1.165) is 4.90 Å². The second-order valence-electron chi connectivity index (χ2n) is 6.86. The summed E-state index contributed by atoms with van der Waals surface area (Å²) >= 11 is 1.40. The average Bonchev–Trinajstić information content (AvgIpc) is 3.40. The minimum atomic E-state index is -0.434. The Morgan fingerprint density at radius 1 is 0.968 bits per heavy atom. The number of thiophene rings is 1. The van der Waals surface area contributed by atoms with Gasteiger partial charge in [0.05, 0.1) is 18.4 Å². The smallest absolute Gasteiger partial charge is 0.282 e. The van der Waals surface area contributed by atoms with Crippen LogP contribution in [0, 0.1) is 0 Å². The van der Waals surface area contributed by atoms with Gasteiger partial charge in [-0.25, -0.2) is 4.90 Å². The fraction of sp³-hybridized carbons (Fsp3) is 0.130. The van der Waals surface area contributed by atoms with Crippen LogP contribution < -0.4 is 24.4 Å². The Hall–Kier alpha value is -3.78. The average molecular weight is 434 g/mol. The minimum absolute atomic E-state index is 0.215. The number of nitrogens with zero attached hydrogens (tertiary/aromatic N) is 1. The van der Waals surface area contributed by atoms with Crippen LogP contribution in [0.25, 0.3) is 5.57 Å². The number of hydrogen-bond acceptors (Lipinski definition) is 7. The van der Waals surface area contributed by atoms with Gasteiger partial charge in [0.25, 0.3) is 11.8 Å². The molecule has 2 aliphatic rings. The first kappa shape index (κ1) is 19.2. The molecule has 0 atom stereocenters. The number of nitrogens with one attached hydrogen (secondary N) is 1. The van der Waals surface area contributed by atoms with E-state index in [2.05, 4.69) is 5.32 Å². The molecule has 0 unspecified atom stereocenters. The zero-order valence-corrected chi connectivity index (χ0v) is 17.4. The maximum atomic E-state index is 13.4. The molecule has 0 saturated carbocycles. The monoisotopic (exact) mass is 434 g/mol. The number of imide groups is 1. The third-order valence-electron chi connectivity index (χ3n) is 4.97. The number of benzene rings is 2. The molecular weight excluding hydrogens is 416 g/mol. The summed E-state index contributed by atoms with van der Waals surface area (Å²) < 4.78 is 16.5. The van der Waals surface area contributed by atoms with Gasteiger partial charge in [-0.15, -0.1) is 11.3 Å². The molecule has 0 bridgehead atoms. The number of carbonyl (C=O) groups is 2. The predicted molar refractivity (Wildman–Crippen MR) is 118 cm³/mol. The molecule has 0 radical (unpaired) electrons. The summed E-state index contributed by atoms with van der Waals surface area (Å²) in [5.41, 5.74) is 1.62. The summed E-state index contributed by atoms with van der Waals surface area (Å²) in [6.07, 6.45) is 0. The molecule has 0 saturated heterocycles. The van der Waals surface area contributed by atoms with Crippen molar-refractivity contribution in [2.24, 2.45) is 0 Å². The van der Waals surface area contributed by atoms with Gasteiger partial charge in [0.1, 0.15) is 24.7 Å². The second-order valence-corrected chi connectivity index (χ2v) is 7.81. The lowest BCUT2D eigenvalue weighted by Crippen LogP contribution is -2.32. The van der Waals surface area contributed by atoms with E-state index >= 15 is 0 Å². The summed E-state index contributed by atoms with van der Waals surface area (Å²) in [6.45, 7) is 0.955. The second kappa shape index (κ2) is 7.81. The van der Waals surface area contributed by atoms with Crippen molar-refractivity contribution in [1.82, 2.24) is 0 Å². The highest BCUT2D eigenvalue weighted by atomic mass is 32.1. The van der Waals surface area contributed by atoms with Crippen molar-refractivity contribution in [3.8, 4) is 17.2 Å². The maximum Gasteiger partial charge on any atom is 0.282 e. The van der Waals surface area contributed by atoms with E-state index in [1.807, 2.05) is 17.5 Å². The van der Waals surface area contributed by atoms with Crippen LogP contribution in [-0.4, -0.2) is 32.1 Å². The van der Waals surface area contributed by atoms with Gasteiger partial charge >= 0.3 is 0 Å². The van der Waals surface area contributed by atoms with E-state index in [1.54, 1.807) is 42.5 Å². The molecule has 31 heavy (non-hydrogen) atoms. The lowest BCUT2D eigenvalue weighted by atomic mass is 10.1. The topological polar surface area (TPSA) is 77.1 Å². The standard InChI is InChI=1S/C23H18N2O5S/c1-28-16-5-2-4-15(13-16)25-22(26)20(19-6-3-11-31-19)21(23(25)27)24-14-7-8-17-18(12-14)30-10-9-29-17/h2-8,11-13,24H,9-10H2,1H3. The first-order valence-corrected chi connectivity index (χ1v) is 10.5. The van der Waals surface area contributed by atoms with E-state index in [9.17, 15) is 9.59 Å². The molecule has 2 amide bonds. The number of ether oxygens (including phenoxy) is 3. The molecule has 0 aliphatic carbocycles. The molecule has 3 aromatic rings. The fourth-order valence-electron chi connectivity index (χ4n) is 3.54. The van der Waals surface area contributed by atoms with Crippen LogP contribution in [0.15, 0.2) is 65.7 Å². The van der Waals surface area contributed by atoms with Crippen molar-refractivity contribution < 1.29 is 23.8 Å². The van der Waals surface area contributed by atoms with Crippen LogP contribution in [-0.2, 0) is 9.59 Å². The highest BCUT2D eigenvalue weighted by Crippen LogP contribution is 2.38. The van der Waals surface area contributed by atoms with Gasteiger partial charge in [-0.05, 0) is 35.7 Å². The molecule has 1 aromatic heterocycles. The molecule has 156 valence electrons. The molecule has 2 aromatic carbocycles. The molecule has 7 nitrogen and oxygen atoms in total. The molecule has 5 rings (SSSR count). The quantitative estimate of drug-likeness (QED) is 0.614. The van der Waals surface area contributed by atoms with E-state index in [0.29, 0.717) is 52.3 Å². The van der Waals surface area contributed by atoms with Gasteiger partial charge in [-0.2, -0.15) is 0 Å². The van der Waals surface area contributed by atoms with Crippen LogP contribution in [0.3, 0.4) is 0 Å². The molecule has 8 heteroatoms. The van der Waals surface area contributed by atoms with Gasteiger partial charge in [-0.1, -0.05) is 12.1 Å². The number of methoxy groups -OCH3 is 1. The molecule has 0 fully saturated rings. The van der Waals surface area contributed by atoms with Crippen molar-refractivity contribution in [1.29, 1.82) is 0 Å². The van der Waals surface area contributed by atoms with Gasteiger partial charge in [0.2, 0.25) is 0 Å². The molecule has 1 N–H and O–H groups in total. The summed E-state index contributed by atoms with van der Waals surface area (Å²) in [4.78, 5) is 28.7. The van der Waals surface area contributed by atoms with Crippen molar-refractivity contribution in [2.45, 2.75) is 0 Å². The van der Waals surface area contributed by atoms with Crippen LogP contribution in [0.5, 0.6) is 17.2 Å². The normalized spacial score (nSPS) is 15.5. The van der Waals surface area contributed by atoms with E-state index in [4.69, 9.17) is 14.2 Å². The van der Waals surface area contributed by atoms with Crippen LogP contribution in [0.2, 0.25) is 0 Å². The van der Waals surface area contributed by atoms with E-state index < -0.39 is 5.91 Å². The Balaban J connectivity index is 1.55. The zero-order chi connectivity index (χ0) is 21.4. The first-order valence-electron chi connectivity index (χ1n) is 9.63. The maximum absolute atomic E-state index is 13.4. The summed E-state index contributed by atoms with van der Waals surface area (Å²) in [7, 11) is 1.54. The Bertz CT molecular complexity index is 1200. The number of rotatable bonds is 5. The molecule has 0 spiro atoms. The van der Waals surface area contributed by atoms with Crippen LogP contribution in [0.1, 0.15) is 4.88 Å². The van der Waals surface area contributed by atoms with Crippen molar-refractivity contribution in [3.05, 3.63) is 70.6 Å². The third kappa shape index (κ3) is 3.40. The van der Waals surface area contributed by atoms with Crippen molar-refractivity contribution >= 4 is 40.1 Å². The SMILES string of the molecule is COc1cccc(N2C(=O)C(Nc3ccc4c(c3)OCCO4)=C(c3cccs3)C2=O)c1. The van der Waals surface area contributed by atoms with Crippen LogP contribution in [0.4, 0.5) is 11.4 Å². The number of hydrogen-bond donors (Lipinski definition) is 1. The highest BCUT2D eigenvalue weighted by molar-refractivity contribution is 7.11. The van der Waals surface area contributed by atoms with E-state index in [1.165, 1.54) is 18.4 Å². The van der Waals surface area contributed by atoms with E-state index in [-0.39, 0.29) is 11.6 Å². The van der Waals surface area contributed by atoms with Crippen LogP contribution >= 0.6 is 11.3 Å². The predicted octanol–water partition coefficient (Wildman–Crippen LogP) is 3.92. The van der Waals surface area contributed by atoms with Gasteiger partial charge in [-0.3, -0.25) is 9.59 Å². The van der Waals surface area contributed by atoms with Gasteiger partial charge in [0.15, 0.2) is 11.5 Å². The Kier molecular flexibility index (Phi) is 4.83. The van der Waals surface area contributed by atoms with Gasteiger partial charge in [0, 0.05) is 22.7 Å². The Morgan fingerprint density at radius 2 is 1.81 bits per heavy atom. The highest BCUT2D eigenvalue weighted by Gasteiger charge is 2.41. The fourth-order valence-corrected chi connectivity index (χ4v) is 4.31. The lowest BCUT2D eigenvalue weighted by molar-refractivity contribution is -0.120. The number of carbonyl (C=O) groups excluding carboxylic acids is 2. The third-order valence-corrected chi connectivity index (χ3v) is 5.86. The molecule has 2 aliphatic heterocycles. The zero-order valence-electron chi connectivity index (χ0n) is 16.6. The Labute approximate surface area is 182 Å². The molecule has 3 heterocycles. The number of anilines is 2. The summed E-state index contributed by atoms with van der Waals surface area (Å²) in [5, 5.41) is 5.02. The summed E-state index contributed by atoms with van der Waals surface area (Å²) in [6, 6.07) is 15.9. The number of fused-ring (bicyclic) bond motifs is 1. The lowest BCUT2D eigenvalue weighted by Gasteiger charge is -2.19. The van der Waals surface area contributed by atoms with Gasteiger partial charge < -0.3 is 19.5 Å². The number of amides is 2. The largest absolute Gasteiger partial charge is 0.497 e.